The fraction of sp³-hybridized carbons (Fsp3) is 0. The molecule has 0 aliphatic rings. The van der Waals surface area contributed by atoms with Crippen LogP contribution in [0.2, 0.25) is 5.02 Å². The third-order valence-electron chi connectivity index (χ3n) is 2.82. The maximum atomic E-state index is 13.8. The first-order chi connectivity index (χ1) is 9.08. The van der Waals surface area contributed by atoms with Crippen molar-refractivity contribution >= 4 is 28.6 Å². The lowest BCUT2D eigenvalue weighted by Gasteiger charge is -2.07. The minimum absolute atomic E-state index is 0.0648. The number of hydrogen-bond acceptors (Lipinski definition) is 2. The highest BCUT2D eigenvalue weighted by atomic mass is 35.5. The molecule has 3 aromatic rings. The van der Waals surface area contributed by atoms with Crippen LogP contribution in [0.4, 0.5) is 14.7 Å². The largest absolute Gasteiger partial charge is 0.369 e. The summed E-state index contributed by atoms with van der Waals surface area (Å²) in [5.74, 6) is -0.969. The zero-order chi connectivity index (χ0) is 13.6. The van der Waals surface area contributed by atoms with Gasteiger partial charge in [0.2, 0.25) is 5.95 Å². The molecule has 0 fully saturated rings. The number of rotatable bonds is 1. The van der Waals surface area contributed by atoms with Crippen LogP contribution in [0.1, 0.15) is 0 Å². The van der Waals surface area contributed by atoms with Gasteiger partial charge < -0.3 is 5.73 Å². The number of aromatic nitrogens is 2. The predicted octanol–water partition coefficient (Wildman–Crippen LogP) is 3.54. The average molecular weight is 280 g/mol. The number of halogens is 3. The van der Waals surface area contributed by atoms with Crippen molar-refractivity contribution in [2.75, 3.05) is 5.73 Å². The molecular formula is C13H8ClF2N3. The number of hydrogen-bond donors (Lipinski definition) is 1. The molecule has 1 heterocycles. The lowest BCUT2D eigenvalue weighted by molar-refractivity contribution is 0.620. The molecule has 0 aliphatic carbocycles. The number of imidazole rings is 1. The maximum absolute atomic E-state index is 13.8. The van der Waals surface area contributed by atoms with Gasteiger partial charge in [0.25, 0.3) is 0 Å². The average Bonchev–Trinajstić information content (AvgIpc) is 2.66. The molecule has 3 nitrogen and oxygen atoms in total. The van der Waals surface area contributed by atoms with Gasteiger partial charge in [-0.15, -0.1) is 0 Å². The van der Waals surface area contributed by atoms with E-state index in [2.05, 4.69) is 4.98 Å². The zero-order valence-corrected chi connectivity index (χ0v) is 10.3. The van der Waals surface area contributed by atoms with Gasteiger partial charge in [-0.3, -0.25) is 4.57 Å². The van der Waals surface area contributed by atoms with Gasteiger partial charge in [0.1, 0.15) is 11.6 Å². The van der Waals surface area contributed by atoms with Crippen molar-refractivity contribution in [1.82, 2.24) is 9.55 Å². The van der Waals surface area contributed by atoms with E-state index in [0.717, 1.165) is 0 Å². The summed E-state index contributed by atoms with van der Waals surface area (Å²) >= 11 is 5.75. The predicted molar refractivity (Wildman–Crippen MR) is 70.4 cm³/mol. The topological polar surface area (TPSA) is 43.8 Å². The molecule has 19 heavy (non-hydrogen) atoms. The first-order valence-electron chi connectivity index (χ1n) is 5.46. The Labute approximate surface area is 112 Å². The summed E-state index contributed by atoms with van der Waals surface area (Å²) in [7, 11) is 0. The van der Waals surface area contributed by atoms with E-state index in [-0.39, 0.29) is 16.7 Å². The van der Waals surface area contributed by atoms with E-state index >= 15 is 0 Å². The Morgan fingerprint density at radius 2 is 1.84 bits per heavy atom. The Kier molecular flexibility index (Phi) is 2.64. The Balaban J connectivity index is 2.38. The molecule has 2 aromatic carbocycles. The second kappa shape index (κ2) is 4.20. The summed E-state index contributed by atoms with van der Waals surface area (Å²) < 4.78 is 28.6. The van der Waals surface area contributed by atoms with Crippen molar-refractivity contribution in [3.8, 4) is 5.69 Å². The SMILES string of the molecule is Nc1nc2cc(F)c(Cl)cc2n1-c1ccccc1F. The molecule has 0 bridgehead atoms. The number of nitrogens with two attached hydrogens (primary N) is 1. The normalized spacial score (nSPS) is 11.1. The summed E-state index contributed by atoms with van der Waals surface area (Å²) in [6.07, 6.45) is 0. The quantitative estimate of drug-likeness (QED) is 0.740. The molecule has 0 radical (unpaired) electrons. The number of nitrogen functional groups attached to an aromatic ring is 1. The van der Waals surface area contributed by atoms with E-state index in [1.807, 2.05) is 0 Å². The van der Waals surface area contributed by atoms with Crippen molar-refractivity contribution in [1.29, 1.82) is 0 Å². The van der Waals surface area contributed by atoms with Gasteiger partial charge in [0, 0.05) is 6.07 Å². The van der Waals surface area contributed by atoms with Gasteiger partial charge in [0.05, 0.1) is 21.7 Å². The van der Waals surface area contributed by atoms with Gasteiger partial charge >= 0.3 is 0 Å². The molecule has 1 aromatic heterocycles. The van der Waals surface area contributed by atoms with Crippen LogP contribution >= 0.6 is 11.6 Å². The molecule has 0 spiro atoms. The van der Waals surface area contributed by atoms with E-state index < -0.39 is 11.6 Å². The highest BCUT2D eigenvalue weighted by molar-refractivity contribution is 6.31. The Morgan fingerprint density at radius 3 is 2.58 bits per heavy atom. The van der Waals surface area contributed by atoms with Gasteiger partial charge in [-0.2, -0.15) is 0 Å². The minimum atomic E-state index is -0.590. The number of para-hydroxylation sites is 1. The third-order valence-corrected chi connectivity index (χ3v) is 3.11. The smallest absolute Gasteiger partial charge is 0.206 e. The van der Waals surface area contributed by atoms with E-state index in [9.17, 15) is 8.78 Å². The fourth-order valence-corrected chi connectivity index (χ4v) is 2.14. The highest BCUT2D eigenvalue weighted by Gasteiger charge is 2.15. The lowest BCUT2D eigenvalue weighted by Crippen LogP contribution is -2.02. The Hall–Kier alpha value is -2.14. The van der Waals surface area contributed by atoms with Crippen molar-refractivity contribution in [2.45, 2.75) is 0 Å². The van der Waals surface area contributed by atoms with Gasteiger partial charge in [-0.1, -0.05) is 23.7 Å². The van der Waals surface area contributed by atoms with E-state index in [4.69, 9.17) is 17.3 Å². The summed E-state index contributed by atoms with van der Waals surface area (Å²) in [4.78, 5) is 4.01. The van der Waals surface area contributed by atoms with Crippen LogP contribution in [-0.4, -0.2) is 9.55 Å². The van der Waals surface area contributed by atoms with Crippen LogP contribution in [0.5, 0.6) is 0 Å². The second-order valence-electron chi connectivity index (χ2n) is 4.01. The maximum Gasteiger partial charge on any atom is 0.206 e. The lowest BCUT2D eigenvalue weighted by atomic mass is 10.2. The summed E-state index contributed by atoms with van der Waals surface area (Å²) in [5.41, 5.74) is 6.79. The van der Waals surface area contributed by atoms with Crippen LogP contribution in [0.25, 0.3) is 16.7 Å². The first-order valence-corrected chi connectivity index (χ1v) is 5.83. The number of anilines is 1. The molecule has 6 heteroatoms. The molecule has 0 aliphatic heterocycles. The molecule has 0 atom stereocenters. The first kappa shape index (κ1) is 11.9. The molecule has 96 valence electrons. The number of fused-ring (bicyclic) bond motifs is 1. The molecule has 2 N–H and O–H groups in total. The molecule has 0 unspecified atom stereocenters. The van der Waals surface area contributed by atoms with Crippen molar-refractivity contribution in [3.05, 3.63) is 53.1 Å². The Morgan fingerprint density at radius 1 is 1.11 bits per heavy atom. The third kappa shape index (κ3) is 1.82. The van der Waals surface area contributed by atoms with Crippen LogP contribution in [0.3, 0.4) is 0 Å². The highest BCUT2D eigenvalue weighted by Crippen LogP contribution is 2.28. The monoisotopic (exact) mass is 279 g/mol. The van der Waals surface area contributed by atoms with E-state index in [0.29, 0.717) is 11.0 Å². The number of nitrogens with zero attached hydrogens (tertiary/aromatic N) is 2. The van der Waals surface area contributed by atoms with Crippen LogP contribution < -0.4 is 5.73 Å². The van der Waals surface area contributed by atoms with E-state index in [1.165, 1.54) is 22.8 Å². The molecule has 0 saturated heterocycles. The molecular weight excluding hydrogens is 272 g/mol. The van der Waals surface area contributed by atoms with E-state index in [1.54, 1.807) is 18.2 Å². The van der Waals surface area contributed by atoms with Gasteiger partial charge in [-0.25, -0.2) is 13.8 Å². The van der Waals surface area contributed by atoms with Crippen LogP contribution in [0, 0.1) is 11.6 Å². The fourth-order valence-electron chi connectivity index (χ4n) is 1.98. The molecule has 0 saturated carbocycles. The van der Waals surface area contributed by atoms with Crippen LogP contribution in [-0.2, 0) is 0 Å². The standard InChI is InChI=1S/C13H8ClF2N3/c14-7-5-12-10(6-9(7)16)18-13(17)19(12)11-4-2-1-3-8(11)15/h1-6H,(H2,17,18). The summed E-state index contributed by atoms with van der Waals surface area (Å²) in [6.45, 7) is 0. The second-order valence-corrected chi connectivity index (χ2v) is 4.42. The zero-order valence-electron chi connectivity index (χ0n) is 9.57. The molecule has 0 amide bonds. The minimum Gasteiger partial charge on any atom is -0.369 e. The molecule has 3 rings (SSSR count). The van der Waals surface area contributed by atoms with Gasteiger partial charge in [-0.05, 0) is 18.2 Å². The van der Waals surface area contributed by atoms with Gasteiger partial charge in [0.15, 0.2) is 0 Å². The van der Waals surface area contributed by atoms with Crippen molar-refractivity contribution in [2.24, 2.45) is 0 Å². The summed E-state index contributed by atoms with van der Waals surface area (Å²) in [5, 5.41) is -0.0648. The Bertz CT molecular complexity index is 783. The van der Waals surface area contributed by atoms with Crippen molar-refractivity contribution < 1.29 is 8.78 Å². The van der Waals surface area contributed by atoms with Crippen LogP contribution in [0.15, 0.2) is 36.4 Å². The summed E-state index contributed by atoms with van der Waals surface area (Å²) in [6, 6.07) is 8.67. The van der Waals surface area contributed by atoms with Crippen molar-refractivity contribution in [3.63, 3.8) is 0 Å². The number of benzene rings is 2.